The lowest BCUT2D eigenvalue weighted by atomic mass is 9.95. The van der Waals surface area contributed by atoms with E-state index in [9.17, 15) is 9.18 Å². The molecule has 6 heteroatoms. The van der Waals surface area contributed by atoms with E-state index in [0.717, 1.165) is 0 Å². The number of nitrogens with zero attached hydrogens (tertiary/aromatic N) is 2. The monoisotopic (exact) mass is 291 g/mol. The van der Waals surface area contributed by atoms with Gasteiger partial charge in [-0.05, 0) is 31.2 Å². The van der Waals surface area contributed by atoms with Gasteiger partial charge in [0.2, 0.25) is 17.6 Å². The molecule has 0 aliphatic rings. The van der Waals surface area contributed by atoms with E-state index in [-0.39, 0.29) is 11.7 Å². The first-order chi connectivity index (χ1) is 9.77. The lowest BCUT2D eigenvalue weighted by Gasteiger charge is -2.19. The Morgan fingerprint density at radius 2 is 1.90 bits per heavy atom. The predicted octanol–water partition coefficient (Wildman–Crippen LogP) is 3.10. The molecular formula is C15H18FN3O2. The topological polar surface area (TPSA) is 68.0 Å². The molecule has 1 amide bonds. The number of rotatable bonds is 3. The summed E-state index contributed by atoms with van der Waals surface area (Å²) >= 11 is 0. The van der Waals surface area contributed by atoms with Gasteiger partial charge in [0.15, 0.2) is 0 Å². The van der Waals surface area contributed by atoms with Crippen molar-refractivity contribution >= 4 is 5.91 Å². The van der Waals surface area contributed by atoms with E-state index in [1.807, 2.05) is 20.8 Å². The summed E-state index contributed by atoms with van der Waals surface area (Å²) in [6.07, 6.45) is 0. The maximum absolute atomic E-state index is 12.9. The Hall–Kier alpha value is -2.24. The van der Waals surface area contributed by atoms with Crippen LogP contribution in [0.5, 0.6) is 0 Å². The molecule has 0 saturated carbocycles. The van der Waals surface area contributed by atoms with E-state index in [1.54, 1.807) is 19.1 Å². The molecule has 1 atom stereocenters. The fraction of sp³-hybridized carbons (Fsp3) is 0.400. The molecule has 0 fully saturated rings. The van der Waals surface area contributed by atoms with E-state index in [1.165, 1.54) is 12.1 Å². The van der Waals surface area contributed by atoms with Gasteiger partial charge in [0.25, 0.3) is 0 Å². The number of halogens is 1. The molecule has 0 bridgehead atoms. The number of nitrogens with one attached hydrogen (secondary N) is 1. The molecule has 5 nitrogen and oxygen atoms in total. The van der Waals surface area contributed by atoms with Gasteiger partial charge in [0.1, 0.15) is 11.9 Å². The van der Waals surface area contributed by atoms with Gasteiger partial charge in [-0.1, -0.05) is 25.9 Å². The van der Waals surface area contributed by atoms with Gasteiger partial charge in [-0.3, -0.25) is 4.79 Å². The Balaban J connectivity index is 2.12. The molecule has 2 aromatic rings. The smallest absolute Gasteiger partial charge is 0.249 e. The van der Waals surface area contributed by atoms with Crippen molar-refractivity contribution < 1.29 is 13.7 Å². The summed E-state index contributed by atoms with van der Waals surface area (Å²) in [5.41, 5.74) is 0.161. The second kappa shape index (κ2) is 5.63. The minimum absolute atomic E-state index is 0.100. The molecule has 0 saturated heterocycles. The fourth-order valence-corrected chi connectivity index (χ4v) is 1.60. The minimum Gasteiger partial charge on any atom is -0.344 e. The first kappa shape index (κ1) is 15.2. The van der Waals surface area contributed by atoms with Crippen LogP contribution < -0.4 is 5.32 Å². The number of aromatic nitrogens is 2. The van der Waals surface area contributed by atoms with E-state index in [4.69, 9.17) is 4.52 Å². The van der Waals surface area contributed by atoms with Crippen LogP contribution in [0.1, 0.15) is 39.6 Å². The Morgan fingerprint density at radius 3 is 2.48 bits per heavy atom. The summed E-state index contributed by atoms with van der Waals surface area (Å²) < 4.78 is 18.0. The van der Waals surface area contributed by atoms with Crippen LogP contribution in [-0.4, -0.2) is 16.0 Å². The molecule has 0 aliphatic carbocycles. The number of benzene rings is 1. The zero-order valence-electron chi connectivity index (χ0n) is 12.5. The highest BCUT2D eigenvalue weighted by atomic mass is 19.1. The summed E-state index contributed by atoms with van der Waals surface area (Å²) in [6.45, 7) is 7.25. The van der Waals surface area contributed by atoms with Crippen molar-refractivity contribution in [3.63, 3.8) is 0 Å². The molecule has 2 rings (SSSR count). The van der Waals surface area contributed by atoms with E-state index < -0.39 is 11.5 Å². The molecule has 0 aliphatic heterocycles. The fourth-order valence-electron chi connectivity index (χ4n) is 1.60. The third kappa shape index (κ3) is 3.65. The van der Waals surface area contributed by atoms with Crippen LogP contribution in [0.15, 0.2) is 28.8 Å². The van der Waals surface area contributed by atoms with Crippen LogP contribution in [0.3, 0.4) is 0 Å². The first-order valence-corrected chi connectivity index (χ1v) is 6.68. The zero-order valence-corrected chi connectivity index (χ0v) is 12.5. The Bertz CT molecular complexity index is 629. The molecule has 112 valence electrons. The lowest BCUT2D eigenvalue weighted by Crippen LogP contribution is -2.36. The molecule has 1 heterocycles. The largest absolute Gasteiger partial charge is 0.344 e. The zero-order chi connectivity index (χ0) is 15.6. The van der Waals surface area contributed by atoms with E-state index in [2.05, 4.69) is 15.5 Å². The van der Waals surface area contributed by atoms with Crippen LogP contribution in [0.2, 0.25) is 0 Å². The maximum Gasteiger partial charge on any atom is 0.249 e. The second-order valence-corrected chi connectivity index (χ2v) is 5.91. The van der Waals surface area contributed by atoms with Crippen LogP contribution in [0, 0.1) is 11.2 Å². The third-order valence-corrected chi connectivity index (χ3v) is 2.94. The molecule has 1 N–H and O–H groups in total. The maximum atomic E-state index is 12.9. The number of amides is 1. The normalized spacial score (nSPS) is 13.0. The molecule has 0 radical (unpaired) electrons. The Labute approximate surface area is 122 Å². The molecule has 0 unspecified atom stereocenters. The summed E-state index contributed by atoms with van der Waals surface area (Å²) in [7, 11) is 0. The minimum atomic E-state index is -0.492. The summed E-state index contributed by atoms with van der Waals surface area (Å²) in [6, 6.07) is 5.41. The van der Waals surface area contributed by atoms with Crippen molar-refractivity contribution in [1.29, 1.82) is 0 Å². The van der Waals surface area contributed by atoms with E-state index in [0.29, 0.717) is 17.3 Å². The highest BCUT2D eigenvalue weighted by Crippen LogP contribution is 2.20. The van der Waals surface area contributed by atoms with Gasteiger partial charge in [-0.15, -0.1) is 0 Å². The van der Waals surface area contributed by atoms with Crippen LogP contribution in [-0.2, 0) is 4.79 Å². The number of carbonyl (C=O) groups excluding carboxylic acids is 1. The second-order valence-electron chi connectivity index (χ2n) is 5.91. The van der Waals surface area contributed by atoms with Crippen molar-refractivity contribution in [3.8, 4) is 11.4 Å². The first-order valence-electron chi connectivity index (χ1n) is 6.68. The molecular weight excluding hydrogens is 273 g/mol. The molecule has 21 heavy (non-hydrogen) atoms. The highest BCUT2D eigenvalue weighted by Gasteiger charge is 2.25. The average molecular weight is 291 g/mol. The third-order valence-electron chi connectivity index (χ3n) is 2.94. The van der Waals surface area contributed by atoms with Gasteiger partial charge in [0.05, 0.1) is 0 Å². The van der Waals surface area contributed by atoms with E-state index >= 15 is 0 Å². The van der Waals surface area contributed by atoms with Gasteiger partial charge in [-0.25, -0.2) is 4.39 Å². The Kier molecular flexibility index (Phi) is 4.06. The highest BCUT2D eigenvalue weighted by molar-refractivity contribution is 5.81. The number of hydrogen-bond acceptors (Lipinski definition) is 4. The van der Waals surface area contributed by atoms with Crippen LogP contribution >= 0.6 is 0 Å². The lowest BCUT2D eigenvalue weighted by molar-refractivity contribution is -0.129. The molecule has 1 aromatic heterocycles. The molecule has 1 aromatic carbocycles. The van der Waals surface area contributed by atoms with Crippen molar-refractivity contribution in [1.82, 2.24) is 15.5 Å². The van der Waals surface area contributed by atoms with Crippen LogP contribution in [0.4, 0.5) is 4.39 Å². The number of carbonyl (C=O) groups is 1. The van der Waals surface area contributed by atoms with Gasteiger partial charge in [-0.2, -0.15) is 4.98 Å². The quantitative estimate of drug-likeness (QED) is 0.943. The number of hydrogen-bond donors (Lipinski definition) is 1. The Morgan fingerprint density at radius 1 is 1.29 bits per heavy atom. The summed E-state index contributed by atoms with van der Waals surface area (Å²) in [5, 5.41) is 6.66. The molecule has 0 spiro atoms. The van der Waals surface area contributed by atoms with Gasteiger partial charge >= 0.3 is 0 Å². The predicted molar refractivity (Wildman–Crippen MR) is 75.7 cm³/mol. The summed E-state index contributed by atoms with van der Waals surface area (Å²) in [4.78, 5) is 16.2. The van der Waals surface area contributed by atoms with Crippen molar-refractivity contribution in [2.24, 2.45) is 5.41 Å². The van der Waals surface area contributed by atoms with Gasteiger partial charge < -0.3 is 9.84 Å². The van der Waals surface area contributed by atoms with Gasteiger partial charge in [0, 0.05) is 11.0 Å². The standard InChI is InChI=1S/C15H18FN3O2/c1-9(17-14(20)15(2,3)4)13-18-12(19-21-13)10-5-7-11(16)8-6-10/h5-9H,1-4H3,(H,17,20)/t9-/m1/s1. The average Bonchev–Trinajstić information content (AvgIpc) is 2.88. The van der Waals surface area contributed by atoms with Crippen molar-refractivity contribution in [2.75, 3.05) is 0 Å². The van der Waals surface area contributed by atoms with Crippen LogP contribution in [0.25, 0.3) is 11.4 Å². The SMILES string of the molecule is C[C@@H](NC(=O)C(C)(C)C)c1nc(-c2ccc(F)cc2)no1. The van der Waals surface area contributed by atoms with Crippen molar-refractivity contribution in [3.05, 3.63) is 36.0 Å². The van der Waals surface area contributed by atoms with Crippen molar-refractivity contribution in [2.45, 2.75) is 33.7 Å². The summed E-state index contributed by atoms with van der Waals surface area (Å²) in [5.74, 6) is 0.249.